The van der Waals surface area contributed by atoms with Crippen molar-refractivity contribution in [2.24, 2.45) is 5.11 Å². The van der Waals surface area contributed by atoms with E-state index in [0.717, 1.165) is 11.3 Å². The summed E-state index contributed by atoms with van der Waals surface area (Å²) in [6, 6.07) is 3.65. The molecule has 1 heterocycles. The number of hydrogen-bond acceptors (Lipinski definition) is 3. The van der Waals surface area contributed by atoms with Gasteiger partial charge in [-0.3, -0.25) is 0 Å². The maximum absolute atomic E-state index is 8.05. The van der Waals surface area contributed by atoms with Crippen molar-refractivity contribution in [1.82, 2.24) is 4.98 Å². The molecule has 1 aromatic heterocycles. The highest BCUT2D eigenvalue weighted by Crippen LogP contribution is 2.09. The van der Waals surface area contributed by atoms with Gasteiger partial charge in [0.05, 0.1) is 5.69 Å². The number of nitrogen functional groups attached to an aromatic ring is 1. The number of aromatic nitrogens is 1. The fourth-order valence-corrected chi connectivity index (χ4v) is 0.977. The predicted molar refractivity (Wildman–Crippen MR) is 56.4 cm³/mol. The van der Waals surface area contributed by atoms with Crippen LogP contribution in [0.15, 0.2) is 23.3 Å². The second-order valence-electron chi connectivity index (χ2n) is 2.75. The van der Waals surface area contributed by atoms with E-state index in [1.54, 1.807) is 18.2 Å². The Kier molecular flexibility index (Phi) is 3.52. The van der Waals surface area contributed by atoms with Gasteiger partial charge in [0.25, 0.3) is 0 Å². The number of nitrogens with two attached hydrogens (primary N) is 1. The average molecular weight is 189 g/mol. The molecule has 0 spiro atoms. The third-order valence-electron chi connectivity index (χ3n) is 1.68. The monoisotopic (exact) mass is 189 g/mol. The summed E-state index contributed by atoms with van der Waals surface area (Å²) in [6.07, 6.45) is 3.54. The van der Waals surface area contributed by atoms with Gasteiger partial charge < -0.3 is 5.73 Å². The Balaban J connectivity index is 2.79. The molecule has 0 aliphatic heterocycles. The molecule has 2 N–H and O–H groups in total. The van der Waals surface area contributed by atoms with Crippen LogP contribution in [0, 0.1) is 6.92 Å². The van der Waals surface area contributed by atoms with Gasteiger partial charge in [0.1, 0.15) is 5.82 Å². The predicted octanol–water partition coefficient (Wildman–Crippen LogP) is 2.30. The molecule has 0 saturated carbocycles. The Morgan fingerprint density at radius 1 is 1.64 bits per heavy atom. The molecular weight excluding hydrogens is 178 g/mol. The van der Waals surface area contributed by atoms with E-state index < -0.39 is 0 Å². The first-order valence-electron chi connectivity index (χ1n) is 4.14. The first kappa shape index (κ1) is 10.1. The van der Waals surface area contributed by atoms with E-state index >= 15 is 0 Å². The molecule has 0 bridgehead atoms. The summed E-state index contributed by atoms with van der Waals surface area (Å²) >= 11 is 0. The van der Waals surface area contributed by atoms with Crippen LogP contribution in [0.3, 0.4) is 0 Å². The zero-order chi connectivity index (χ0) is 10.4. The van der Waals surface area contributed by atoms with Crippen molar-refractivity contribution in [1.29, 1.82) is 0 Å². The van der Waals surface area contributed by atoms with Crippen molar-refractivity contribution >= 4 is 11.9 Å². The van der Waals surface area contributed by atoms with E-state index in [1.165, 1.54) is 0 Å². The maximum Gasteiger partial charge on any atom is 0.124 e. The topological polar surface area (TPSA) is 87.7 Å². The highest BCUT2D eigenvalue weighted by Gasteiger charge is 1.95. The summed E-state index contributed by atoms with van der Waals surface area (Å²) < 4.78 is 0. The summed E-state index contributed by atoms with van der Waals surface area (Å²) in [5, 5.41) is 3.37. The second kappa shape index (κ2) is 4.89. The molecule has 0 aliphatic carbocycles. The van der Waals surface area contributed by atoms with Crippen LogP contribution in [0.5, 0.6) is 0 Å². The van der Waals surface area contributed by atoms with Gasteiger partial charge in [0, 0.05) is 11.5 Å². The molecule has 0 amide bonds. The smallest absolute Gasteiger partial charge is 0.124 e. The van der Waals surface area contributed by atoms with Crippen molar-refractivity contribution in [2.75, 3.05) is 12.3 Å². The van der Waals surface area contributed by atoms with Gasteiger partial charge in [0.2, 0.25) is 0 Å². The minimum atomic E-state index is 0.326. The van der Waals surface area contributed by atoms with Crippen LogP contribution in [0.4, 0.5) is 5.82 Å². The standard InChI is InChI=1S/C9H11N5/c1-7-4-5-9(10)13-8(7)3-2-6-12-14-11/h2-5H,6H2,1H3,(H2,10,13). The molecule has 72 valence electrons. The van der Waals surface area contributed by atoms with Crippen LogP contribution in [-0.2, 0) is 0 Å². The minimum Gasteiger partial charge on any atom is -0.384 e. The zero-order valence-electron chi connectivity index (χ0n) is 7.88. The lowest BCUT2D eigenvalue weighted by Crippen LogP contribution is -1.93. The van der Waals surface area contributed by atoms with Gasteiger partial charge in [-0.1, -0.05) is 17.3 Å². The summed E-state index contributed by atoms with van der Waals surface area (Å²) in [6.45, 7) is 2.27. The Bertz CT molecular complexity index is 390. The summed E-state index contributed by atoms with van der Waals surface area (Å²) in [7, 11) is 0. The van der Waals surface area contributed by atoms with Gasteiger partial charge in [0.15, 0.2) is 0 Å². The lowest BCUT2D eigenvalue weighted by atomic mass is 10.2. The molecule has 5 heteroatoms. The number of anilines is 1. The van der Waals surface area contributed by atoms with E-state index in [1.807, 2.05) is 13.0 Å². The zero-order valence-corrected chi connectivity index (χ0v) is 7.88. The largest absolute Gasteiger partial charge is 0.384 e. The molecule has 0 fully saturated rings. The highest BCUT2D eigenvalue weighted by molar-refractivity contribution is 5.52. The lowest BCUT2D eigenvalue weighted by Gasteiger charge is -1.99. The van der Waals surface area contributed by atoms with Gasteiger partial charge in [-0.15, -0.1) is 0 Å². The summed E-state index contributed by atoms with van der Waals surface area (Å²) in [4.78, 5) is 6.76. The molecule has 5 nitrogen and oxygen atoms in total. The Hall–Kier alpha value is -2.00. The molecule has 14 heavy (non-hydrogen) atoms. The minimum absolute atomic E-state index is 0.326. The van der Waals surface area contributed by atoms with Crippen molar-refractivity contribution < 1.29 is 0 Å². The molecule has 0 atom stereocenters. The number of azide groups is 1. The van der Waals surface area contributed by atoms with Crippen LogP contribution in [-0.4, -0.2) is 11.5 Å². The molecule has 0 aliphatic rings. The van der Waals surface area contributed by atoms with Crippen LogP contribution in [0.2, 0.25) is 0 Å². The first-order valence-corrected chi connectivity index (χ1v) is 4.14. The number of hydrogen-bond donors (Lipinski definition) is 1. The quantitative estimate of drug-likeness (QED) is 0.449. The van der Waals surface area contributed by atoms with Crippen molar-refractivity contribution in [3.63, 3.8) is 0 Å². The first-order chi connectivity index (χ1) is 6.74. The van der Waals surface area contributed by atoms with Gasteiger partial charge in [-0.05, 0) is 30.2 Å². The van der Waals surface area contributed by atoms with Crippen LogP contribution in [0.25, 0.3) is 16.5 Å². The Morgan fingerprint density at radius 2 is 2.43 bits per heavy atom. The Labute approximate surface area is 81.9 Å². The molecule has 0 saturated heterocycles. The van der Waals surface area contributed by atoms with E-state index in [9.17, 15) is 0 Å². The van der Waals surface area contributed by atoms with Crippen molar-refractivity contribution in [2.45, 2.75) is 6.92 Å². The van der Waals surface area contributed by atoms with Crippen molar-refractivity contribution in [3.8, 4) is 0 Å². The van der Waals surface area contributed by atoms with E-state index in [4.69, 9.17) is 11.3 Å². The summed E-state index contributed by atoms with van der Waals surface area (Å²) in [5.74, 6) is 0.485. The third kappa shape index (κ3) is 2.80. The van der Waals surface area contributed by atoms with Gasteiger partial charge in [-0.25, -0.2) is 4.98 Å². The van der Waals surface area contributed by atoms with Gasteiger partial charge >= 0.3 is 0 Å². The SMILES string of the molecule is Cc1ccc(N)nc1C=CCN=[N+]=[N-]. The molecular formula is C9H11N5. The van der Waals surface area contributed by atoms with Crippen LogP contribution >= 0.6 is 0 Å². The Morgan fingerprint density at radius 3 is 3.14 bits per heavy atom. The van der Waals surface area contributed by atoms with E-state index in [0.29, 0.717) is 12.4 Å². The maximum atomic E-state index is 8.05. The molecule has 0 unspecified atom stereocenters. The normalized spacial score (nSPS) is 10.1. The van der Waals surface area contributed by atoms with E-state index in [-0.39, 0.29) is 0 Å². The van der Waals surface area contributed by atoms with Crippen molar-refractivity contribution in [3.05, 3.63) is 39.9 Å². The third-order valence-corrected chi connectivity index (χ3v) is 1.68. The highest BCUT2D eigenvalue weighted by atomic mass is 15.1. The summed E-state index contributed by atoms with van der Waals surface area (Å²) in [5.41, 5.74) is 15.4. The molecule has 0 aromatic carbocycles. The fraction of sp³-hybridized carbons (Fsp3) is 0.222. The lowest BCUT2D eigenvalue weighted by molar-refractivity contribution is 1.20. The number of nitrogens with zero attached hydrogens (tertiary/aromatic N) is 4. The van der Waals surface area contributed by atoms with Gasteiger partial charge in [-0.2, -0.15) is 0 Å². The molecule has 1 aromatic rings. The van der Waals surface area contributed by atoms with E-state index in [2.05, 4.69) is 15.0 Å². The molecule has 0 radical (unpaired) electrons. The second-order valence-corrected chi connectivity index (χ2v) is 2.75. The number of aryl methyl sites for hydroxylation is 1. The molecule has 1 rings (SSSR count). The number of pyridine rings is 1. The number of rotatable bonds is 3. The fourth-order valence-electron chi connectivity index (χ4n) is 0.977. The van der Waals surface area contributed by atoms with Crippen LogP contribution in [0.1, 0.15) is 11.3 Å². The average Bonchev–Trinajstić information content (AvgIpc) is 2.18. The van der Waals surface area contributed by atoms with Crippen LogP contribution < -0.4 is 5.73 Å².